The minimum Gasteiger partial charge on any atom is -0.496 e. The Hall–Kier alpha value is -2.64. The number of nitrogens with zero attached hydrogens (tertiary/aromatic N) is 3. The molecule has 0 fully saturated rings. The van der Waals surface area contributed by atoms with Crippen molar-refractivity contribution in [1.29, 1.82) is 0 Å². The van der Waals surface area contributed by atoms with Crippen LogP contribution in [0.15, 0.2) is 63.6 Å². The molecule has 7 heteroatoms. The van der Waals surface area contributed by atoms with Gasteiger partial charge in [0.1, 0.15) is 10.8 Å². The van der Waals surface area contributed by atoms with E-state index in [2.05, 4.69) is 10.2 Å². The zero-order valence-corrected chi connectivity index (χ0v) is 16.5. The van der Waals surface area contributed by atoms with Gasteiger partial charge in [0.05, 0.1) is 18.4 Å². The smallest absolute Gasteiger partial charge is 0.277 e. The maximum Gasteiger partial charge on any atom is 0.277 e. The first-order valence-corrected chi connectivity index (χ1v) is 10.2. The maximum absolute atomic E-state index is 5.76. The van der Waals surface area contributed by atoms with Crippen LogP contribution < -0.4 is 4.74 Å². The molecule has 0 radical (unpaired) electrons. The summed E-state index contributed by atoms with van der Waals surface area (Å²) in [6.45, 7) is 2.05. The SMILES string of the molecule is COc1ccccc1-c1nc(CSc2nnc(-c3ccc(C)cc3)o2)cs1. The van der Waals surface area contributed by atoms with Crippen LogP contribution in [0.3, 0.4) is 0 Å². The molecule has 5 nitrogen and oxygen atoms in total. The van der Waals surface area contributed by atoms with Crippen molar-refractivity contribution < 1.29 is 9.15 Å². The summed E-state index contributed by atoms with van der Waals surface area (Å²) in [7, 11) is 1.67. The number of thiazole rings is 1. The largest absolute Gasteiger partial charge is 0.496 e. The lowest BCUT2D eigenvalue weighted by molar-refractivity contribution is 0.416. The number of ether oxygens (including phenoxy) is 1. The maximum atomic E-state index is 5.76. The van der Waals surface area contributed by atoms with Gasteiger partial charge in [-0.05, 0) is 31.2 Å². The zero-order valence-electron chi connectivity index (χ0n) is 14.9. The van der Waals surface area contributed by atoms with Crippen molar-refractivity contribution >= 4 is 23.1 Å². The summed E-state index contributed by atoms with van der Waals surface area (Å²) in [6.07, 6.45) is 0. The predicted molar refractivity (Wildman–Crippen MR) is 108 cm³/mol. The highest BCUT2D eigenvalue weighted by atomic mass is 32.2. The van der Waals surface area contributed by atoms with Crippen molar-refractivity contribution in [2.75, 3.05) is 7.11 Å². The molecular formula is C20H17N3O2S2. The van der Waals surface area contributed by atoms with E-state index in [0.717, 1.165) is 27.6 Å². The van der Waals surface area contributed by atoms with Crippen molar-refractivity contribution in [2.45, 2.75) is 17.9 Å². The molecule has 0 spiro atoms. The van der Waals surface area contributed by atoms with Crippen LogP contribution in [0.4, 0.5) is 0 Å². The molecule has 0 saturated heterocycles. The van der Waals surface area contributed by atoms with Crippen LogP contribution in [0.1, 0.15) is 11.3 Å². The van der Waals surface area contributed by atoms with Gasteiger partial charge in [-0.3, -0.25) is 0 Å². The van der Waals surface area contributed by atoms with Crippen LogP contribution in [-0.2, 0) is 5.75 Å². The lowest BCUT2D eigenvalue weighted by atomic mass is 10.1. The van der Waals surface area contributed by atoms with Gasteiger partial charge in [-0.2, -0.15) is 0 Å². The Morgan fingerprint density at radius 1 is 1.07 bits per heavy atom. The van der Waals surface area contributed by atoms with E-state index in [1.165, 1.54) is 17.3 Å². The van der Waals surface area contributed by atoms with Crippen LogP contribution in [-0.4, -0.2) is 22.3 Å². The molecule has 0 amide bonds. The number of aromatic nitrogens is 3. The van der Waals surface area contributed by atoms with E-state index in [-0.39, 0.29) is 0 Å². The molecule has 2 heterocycles. The highest BCUT2D eigenvalue weighted by molar-refractivity contribution is 7.98. The third-order valence-corrected chi connectivity index (χ3v) is 5.71. The second-order valence-corrected chi connectivity index (χ2v) is 7.66. The summed E-state index contributed by atoms with van der Waals surface area (Å²) in [5, 5.41) is 11.8. The van der Waals surface area contributed by atoms with Gasteiger partial charge in [0.15, 0.2) is 0 Å². The Labute approximate surface area is 165 Å². The van der Waals surface area contributed by atoms with Crippen molar-refractivity contribution in [1.82, 2.24) is 15.2 Å². The molecule has 2 aromatic heterocycles. The molecule has 4 aromatic rings. The number of thioether (sulfide) groups is 1. The van der Waals surface area contributed by atoms with E-state index in [1.807, 2.05) is 60.8 Å². The average molecular weight is 396 g/mol. The molecule has 0 aliphatic heterocycles. The summed E-state index contributed by atoms with van der Waals surface area (Å²) in [5.41, 5.74) is 4.09. The van der Waals surface area contributed by atoms with Gasteiger partial charge in [0.25, 0.3) is 5.22 Å². The van der Waals surface area contributed by atoms with Gasteiger partial charge in [0, 0.05) is 16.7 Å². The fourth-order valence-electron chi connectivity index (χ4n) is 2.53. The molecule has 0 bridgehead atoms. The number of rotatable bonds is 6. The quantitative estimate of drug-likeness (QED) is 0.404. The van der Waals surface area contributed by atoms with Crippen LogP contribution in [0, 0.1) is 6.92 Å². The van der Waals surface area contributed by atoms with Crippen molar-refractivity contribution in [3.63, 3.8) is 0 Å². The first kappa shape index (κ1) is 17.8. The summed E-state index contributed by atoms with van der Waals surface area (Å²) in [4.78, 5) is 4.71. The number of para-hydroxylation sites is 1. The molecule has 0 N–H and O–H groups in total. The normalized spacial score (nSPS) is 10.9. The van der Waals surface area contributed by atoms with Crippen LogP contribution in [0.5, 0.6) is 5.75 Å². The van der Waals surface area contributed by atoms with Gasteiger partial charge in [-0.15, -0.1) is 21.5 Å². The van der Waals surface area contributed by atoms with Gasteiger partial charge < -0.3 is 9.15 Å². The third-order valence-electron chi connectivity index (χ3n) is 3.94. The number of benzene rings is 2. The highest BCUT2D eigenvalue weighted by Crippen LogP contribution is 2.33. The lowest BCUT2D eigenvalue weighted by Gasteiger charge is -2.04. The molecular weight excluding hydrogens is 378 g/mol. The Morgan fingerprint density at radius 3 is 2.70 bits per heavy atom. The van der Waals surface area contributed by atoms with Gasteiger partial charge in [-0.25, -0.2) is 4.98 Å². The molecule has 0 unspecified atom stereocenters. The van der Waals surface area contributed by atoms with Gasteiger partial charge in [0.2, 0.25) is 5.89 Å². The lowest BCUT2D eigenvalue weighted by Crippen LogP contribution is -1.87. The monoisotopic (exact) mass is 395 g/mol. The van der Waals surface area contributed by atoms with E-state index in [1.54, 1.807) is 18.4 Å². The third kappa shape index (κ3) is 4.04. The first-order chi connectivity index (χ1) is 13.2. The Morgan fingerprint density at radius 2 is 1.89 bits per heavy atom. The summed E-state index contributed by atoms with van der Waals surface area (Å²) in [5.74, 6) is 2.03. The van der Waals surface area contributed by atoms with Gasteiger partial charge >= 0.3 is 0 Å². The Kier molecular flexibility index (Phi) is 5.22. The van der Waals surface area contributed by atoms with E-state index < -0.39 is 0 Å². The molecule has 27 heavy (non-hydrogen) atoms. The van der Waals surface area contributed by atoms with E-state index in [4.69, 9.17) is 14.1 Å². The second kappa shape index (κ2) is 7.94. The van der Waals surface area contributed by atoms with Gasteiger partial charge in [-0.1, -0.05) is 41.6 Å². The van der Waals surface area contributed by atoms with E-state index in [0.29, 0.717) is 16.9 Å². The molecule has 4 rings (SSSR count). The molecule has 0 aliphatic rings. The molecule has 0 aliphatic carbocycles. The number of hydrogen-bond acceptors (Lipinski definition) is 7. The molecule has 0 atom stereocenters. The number of hydrogen-bond donors (Lipinski definition) is 0. The van der Waals surface area contributed by atoms with Crippen LogP contribution in [0.2, 0.25) is 0 Å². The highest BCUT2D eigenvalue weighted by Gasteiger charge is 2.12. The summed E-state index contributed by atoms with van der Waals surface area (Å²) >= 11 is 3.08. The minimum absolute atomic E-state index is 0.533. The topological polar surface area (TPSA) is 61.0 Å². The second-order valence-electron chi connectivity index (χ2n) is 5.87. The van der Waals surface area contributed by atoms with E-state index in [9.17, 15) is 0 Å². The molecule has 136 valence electrons. The van der Waals surface area contributed by atoms with Crippen LogP contribution in [0.25, 0.3) is 22.0 Å². The van der Waals surface area contributed by atoms with Crippen molar-refractivity contribution in [3.8, 4) is 27.8 Å². The minimum atomic E-state index is 0.533. The fraction of sp³-hybridized carbons (Fsp3) is 0.150. The zero-order chi connectivity index (χ0) is 18.6. The Bertz CT molecular complexity index is 1040. The number of methoxy groups -OCH3 is 1. The summed E-state index contributed by atoms with van der Waals surface area (Å²) in [6, 6.07) is 15.9. The van der Waals surface area contributed by atoms with E-state index >= 15 is 0 Å². The first-order valence-electron chi connectivity index (χ1n) is 8.34. The van der Waals surface area contributed by atoms with Crippen molar-refractivity contribution in [3.05, 3.63) is 65.2 Å². The predicted octanol–water partition coefficient (Wildman–Crippen LogP) is 5.47. The molecule has 0 saturated carbocycles. The summed E-state index contributed by atoms with van der Waals surface area (Å²) < 4.78 is 11.2. The number of aryl methyl sites for hydroxylation is 1. The average Bonchev–Trinajstić information content (AvgIpc) is 3.36. The Balaban J connectivity index is 1.44. The standard InChI is InChI=1S/C20H17N3O2S2/c1-13-7-9-14(10-8-13)18-22-23-20(25-18)27-12-15-11-26-19(21-15)16-5-3-4-6-17(16)24-2/h3-11H,12H2,1-2H3. The molecule has 2 aromatic carbocycles. The fourth-order valence-corrected chi connectivity index (χ4v) is 4.15. The van der Waals surface area contributed by atoms with Crippen molar-refractivity contribution in [2.24, 2.45) is 0 Å². The van der Waals surface area contributed by atoms with Crippen LogP contribution >= 0.6 is 23.1 Å².